The van der Waals surface area contributed by atoms with Gasteiger partial charge in [-0.15, -0.1) is 0 Å². The zero-order chi connectivity index (χ0) is 15.7. The Hall–Kier alpha value is -1.94. The number of para-hydroxylation sites is 1. The average Bonchev–Trinajstić information content (AvgIpc) is 2.89. The Kier molecular flexibility index (Phi) is 3.77. The Bertz CT molecular complexity index is 680. The van der Waals surface area contributed by atoms with E-state index in [-0.39, 0.29) is 11.6 Å². The normalized spacial score (nSPS) is 23.0. The van der Waals surface area contributed by atoms with Gasteiger partial charge in [-0.25, -0.2) is 0 Å². The van der Waals surface area contributed by atoms with E-state index in [1.165, 1.54) is 24.9 Å². The third-order valence-corrected chi connectivity index (χ3v) is 5.47. The number of nitrogens with one attached hydrogen (secondary N) is 1. The van der Waals surface area contributed by atoms with E-state index in [2.05, 4.69) is 57.7 Å². The predicted molar refractivity (Wildman–Crippen MR) is 97.4 cm³/mol. The van der Waals surface area contributed by atoms with Crippen LogP contribution in [0.2, 0.25) is 0 Å². The fraction of sp³-hybridized carbons (Fsp3) is 0.368. The van der Waals surface area contributed by atoms with Crippen molar-refractivity contribution in [3.8, 4) is 0 Å². The van der Waals surface area contributed by atoms with E-state index in [4.69, 9.17) is 12.2 Å². The number of thiocarbonyl (C=S) groups is 1. The van der Waals surface area contributed by atoms with Gasteiger partial charge in [0.15, 0.2) is 5.11 Å². The molecule has 1 saturated heterocycles. The van der Waals surface area contributed by atoms with E-state index >= 15 is 0 Å². The van der Waals surface area contributed by atoms with Crippen LogP contribution >= 0.6 is 12.2 Å². The molecular weight excluding hydrogens is 302 g/mol. The first-order valence-corrected chi connectivity index (χ1v) is 8.79. The molecule has 1 saturated carbocycles. The quantitative estimate of drug-likeness (QED) is 0.838. The second-order valence-electron chi connectivity index (χ2n) is 6.47. The van der Waals surface area contributed by atoms with Crippen LogP contribution in [0.25, 0.3) is 0 Å². The summed E-state index contributed by atoms with van der Waals surface area (Å²) < 4.78 is 0. The summed E-state index contributed by atoms with van der Waals surface area (Å²) in [7, 11) is 0. The fourth-order valence-corrected chi connectivity index (χ4v) is 4.58. The van der Waals surface area contributed by atoms with E-state index in [1.807, 2.05) is 12.3 Å². The minimum absolute atomic E-state index is 0.00500. The Balaban J connectivity index is 1.81. The highest BCUT2D eigenvalue weighted by Gasteiger charge is 2.52. The number of aromatic nitrogens is 1. The maximum atomic E-state index is 5.74. The van der Waals surface area contributed by atoms with Crippen LogP contribution in [-0.2, 0) is 0 Å². The van der Waals surface area contributed by atoms with Crippen LogP contribution in [0.1, 0.15) is 43.8 Å². The molecule has 1 spiro atoms. The van der Waals surface area contributed by atoms with Gasteiger partial charge in [0.1, 0.15) is 0 Å². The zero-order valence-corrected chi connectivity index (χ0v) is 13.9. The molecule has 4 heteroatoms. The van der Waals surface area contributed by atoms with Gasteiger partial charge < -0.3 is 10.2 Å². The minimum Gasteiger partial charge on any atom is -0.351 e. The third kappa shape index (κ3) is 2.41. The van der Waals surface area contributed by atoms with Gasteiger partial charge in [-0.05, 0) is 49.3 Å². The molecule has 4 rings (SSSR count). The van der Waals surface area contributed by atoms with E-state index in [0.717, 1.165) is 23.6 Å². The molecule has 1 aliphatic heterocycles. The summed E-state index contributed by atoms with van der Waals surface area (Å²) >= 11 is 5.74. The van der Waals surface area contributed by atoms with E-state index in [9.17, 15) is 0 Å². The van der Waals surface area contributed by atoms with Crippen LogP contribution in [0.4, 0.5) is 5.69 Å². The molecule has 0 radical (unpaired) electrons. The molecular formula is C19H21N3S. The maximum absolute atomic E-state index is 5.74. The second-order valence-corrected chi connectivity index (χ2v) is 6.86. The second kappa shape index (κ2) is 5.93. The summed E-state index contributed by atoms with van der Waals surface area (Å²) in [5.41, 5.74) is 2.28. The summed E-state index contributed by atoms with van der Waals surface area (Å²) in [6.07, 6.45) is 7.98. The van der Waals surface area contributed by atoms with Gasteiger partial charge in [0, 0.05) is 11.9 Å². The number of hydrogen-bond acceptors (Lipinski definition) is 2. The highest BCUT2D eigenvalue weighted by Crippen LogP contribution is 2.48. The molecule has 118 valence electrons. The van der Waals surface area contributed by atoms with Gasteiger partial charge in [0.05, 0.1) is 17.3 Å². The zero-order valence-electron chi connectivity index (χ0n) is 13.1. The summed E-state index contributed by atoms with van der Waals surface area (Å²) in [4.78, 5) is 6.99. The standard InChI is InChI=1S/C19H21N3S/c23-18-21-17(16-11-5-8-14-20-16)19(12-6-2-7-13-19)22(18)15-9-3-1-4-10-15/h1,3-5,8-11,14,17H,2,6-7,12-13H2,(H,21,23). The molecule has 0 bridgehead atoms. The van der Waals surface area contributed by atoms with Crippen LogP contribution < -0.4 is 10.2 Å². The molecule has 1 aromatic heterocycles. The van der Waals surface area contributed by atoms with Crippen LogP contribution in [0.5, 0.6) is 0 Å². The van der Waals surface area contributed by atoms with Crippen LogP contribution in [0.3, 0.4) is 0 Å². The van der Waals surface area contributed by atoms with Gasteiger partial charge in [-0.3, -0.25) is 4.98 Å². The Morgan fingerprint density at radius 1 is 1.00 bits per heavy atom. The van der Waals surface area contributed by atoms with Crippen LogP contribution in [0.15, 0.2) is 54.7 Å². The number of hydrogen-bond donors (Lipinski definition) is 1. The molecule has 1 atom stereocenters. The van der Waals surface area contributed by atoms with Gasteiger partial charge in [-0.1, -0.05) is 43.5 Å². The van der Waals surface area contributed by atoms with Crippen molar-refractivity contribution < 1.29 is 0 Å². The summed E-state index contributed by atoms with van der Waals surface area (Å²) in [6.45, 7) is 0. The molecule has 1 N–H and O–H groups in total. The maximum Gasteiger partial charge on any atom is 0.174 e. The molecule has 2 fully saturated rings. The third-order valence-electron chi connectivity index (χ3n) is 5.17. The SMILES string of the molecule is S=C1NC(c2ccccn2)C2(CCCCC2)N1c1ccccc1. The lowest BCUT2D eigenvalue weighted by atomic mass is 9.75. The van der Waals surface area contributed by atoms with Crippen molar-refractivity contribution in [2.75, 3.05) is 4.90 Å². The Morgan fingerprint density at radius 2 is 1.74 bits per heavy atom. The monoisotopic (exact) mass is 323 g/mol. The Labute approximate surface area is 142 Å². The molecule has 1 aromatic carbocycles. The number of benzene rings is 1. The van der Waals surface area contributed by atoms with Crippen molar-refractivity contribution in [1.82, 2.24) is 10.3 Å². The topological polar surface area (TPSA) is 28.2 Å². The van der Waals surface area contributed by atoms with Gasteiger partial charge in [-0.2, -0.15) is 0 Å². The molecule has 23 heavy (non-hydrogen) atoms. The Morgan fingerprint density at radius 3 is 2.43 bits per heavy atom. The van der Waals surface area contributed by atoms with Crippen molar-refractivity contribution in [2.45, 2.75) is 43.7 Å². The summed E-state index contributed by atoms with van der Waals surface area (Å²) in [5.74, 6) is 0. The van der Waals surface area contributed by atoms with Crippen molar-refractivity contribution in [3.05, 3.63) is 60.4 Å². The van der Waals surface area contributed by atoms with Crippen LogP contribution in [0, 0.1) is 0 Å². The minimum atomic E-state index is 0.00500. The number of nitrogens with zero attached hydrogens (tertiary/aromatic N) is 2. The highest BCUT2D eigenvalue weighted by molar-refractivity contribution is 7.80. The first kappa shape index (κ1) is 14.6. The van der Waals surface area contributed by atoms with Gasteiger partial charge >= 0.3 is 0 Å². The number of anilines is 1. The number of rotatable bonds is 2. The van der Waals surface area contributed by atoms with Crippen molar-refractivity contribution >= 4 is 23.0 Å². The highest BCUT2D eigenvalue weighted by atomic mass is 32.1. The molecule has 1 aliphatic carbocycles. The largest absolute Gasteiger partial charge is 0.351 e. The van der Waals surface area contributed by atoms with Crippen LogP contribution in [-0.4, -0.2) is 15.6 Å². The smallest absolute Gasteiger partial charge is 0.174 e. The van der Waals surface area contributed by atoms with Crippen molar-refractivity contribution in [1.29, 1.82) is 0 Å². The van der Waals surface area contributed by atoms with Gasteiger partial charge in [0.2, 0.25) is 0 Å². The summed E-state index contributed by atoms with van der Waals surface area (Å²) in [6, 6.07) is 16.9. The lowest BCUT2D eigenvalue weighted by Crippen LogP contribution is -2.50. The first-order valence-electron chi connectivity index (χ1n) is 8.38. The molecule has 2 heterocycles. The molecule has 0 amide bonds. The first-order chi connectivity index (χ1) is 11.3. The fourth-order valence-electron chi connectivity index (χ4n) is 4.18. The molecule has 2 aliphatic rings. The van der Waals surface area contributed by atoms with Crippen molar-refractivity contribution in [2.24, 2.45) is 0 Å². The molecule has 3 nitrogen and oxygen atoms in total. The van der Waals surface area contributed by atoms with E-state index in [1.54, 1.807) is 0 Å². The van der Waals surface area contributed by atoms with E-state index in [0.29, 0.717) is 0 Å². The lowest BCUT2D eigenvalue weighted by Gasteiger charge is -2.44. The van der Waals surface area contributed by atoms with Crippen molar-refractivity contribution in [3.63, 3.8) is 0 Å². The van der Waals surface area contributed by atoms with E-state index < -0.39 is 0 Å². The average molecular weight is 323 g/mol. The van der Waals surface area contributed by atoms with Gasteiger partial charge in [0.25, 0.3) is 0 Å². The summed E-state index contributed by atoms with van der Waals surface area (Å²) in [5, 5.41) is 4.40. The molecule has 1 unspecified atom stereocenters. The molecule has 2 aromatic rings. The predicted octanol–water partition coefficient (Wildman–Crippen LogP) is 4.22. The lowest BCUT2D eigenvalue weighted by molar-refractivity contribution is 0.259. The number of pyridine rings is 1.